The number of hydrogen-bond donors (Lipinski definition) is 3. The summed E-state index contributed by atoms with van der Waals surface area (Å²) in [7, 11) is 1.52. The summed E-state index contributed by atoms with van der Waals surface area (Å²) in [5.74, 6) is -1.82. The zero-order valence-corrected chi connectivity index (χ0v) is 18.5. The summed E-state index contributed by atoms with van der Waals surface area (Å²) in [5.41, 5.74) is 3.76. The number of carbonyl (C=O) groups excluding carboxylic acids is 3. The molecular formula is C23H19BrN4O4. The minimum absolute atomic E-state index is 0.191. The second-order valence-corrected chi connectivity index (χ2v) is 7.32. The Morgan fingerprint density at radius 1 is 0.875 bits per heavy atom. The molecule has 8 nitrogen and oxygen atoms in total. The number of carbonyl (C=O) groups is 3. The third kappa shape index (κ3) is 6.02. The van der Waals surface area contributed by atoms with Crippen LogP contribution in [0.4, 0.5) is 11.4 Å². The van der Waals surface area contributed by atoms with Gasteiger partial charge in [-0.2, -0.15) is 5.10 Å². The molecule has 3 aromatic carbocycles. The van der Waals surface area contributed by atoms with Crippen LogP contribution in [0.3, 0.4) is 0 Å². The van der Waals surface area contributed by atoms with E-state index in [1.165, 1.54) is 19.4 Å². The molecule has 0 unspecified atom stereocenters. The lowest BCUT2D eigenvalue weighted by Gasteiger charge is -2.11. The van der Waals surface area contributed by atoms with E-state index in [2.05, 4.69) is 37.1 Å². The molecule has 0 spiro atoms. The molecule has 0 radical (unpaired) electrons. The molecule has 3 rings (SSSR count). The molecule has 0 aliphatic rings. The number of methoxy groups -OCH3 is 1. The van der Waals surface area contributed by atoms with Crippen LogP contribution in [0.15, 0.2) is 82.4 Å². The molecule has 0 saturated heterocycles. The highest BCUT2D eigenvalue weighted by molar-refractivity contribution is 9.10. The van der Waals surface area contributed by atoms with E-state index < -0.39 is 17.7 Å². The fourth-order valence-corrected chi connectivity index (χ4v) is 2.95. The highest BCUT2D eigenvalue weighted by Crippen LogP contribution is 2.19. The van der Waals surface area contributed by atoms with Crippen molar-refractivity contribution >= 4 is 51.2 Å². The SMILES string of the molecule is COc1ccccc1/C=N\NC(=O)C(=O)Nc1ccccc1C(=O)Nc1ccc(Br)cc1. The third-order valence-electron chi connectivity index (χ3n) is 4.24. The molecule has 0 aliphatic heterocycles. The van der Waals surface area contributed by atoms with Crippen molar-refractivity contribution in [1.29, 1.82) is 0 Å². The number of halogens is 1. The molecular weight excluding hydrogens is 476 g/mol. The number of nitrogens with one attached hydrogen (secondary N) is 3. The Kier molecular flexibility index (Phi) is 7.71. The van der Waals surface area contributed by atoms with Crippen LogP contribution >= 0.6 is 15.9 Å². The summed E-state index contributed by atoms with van der Waals surface area (Å²) in [6.07, 6.45) is 1.36. The van der Waals surface area contributed by atoms with Gasteiger partial charge < -0.3 is 15.4 Å². The van der Waals surface area contributed by atoms with Crippen molar-refractivity contribution in [1.82, 2.24) is 5.43 Å². The Bertz CT molecular complexity index is 1160. The topological polar surface area (TPSA) is 109 Å². The first-order valence-electron chi connectivity index (χ1n) is 9.41. The predicted molar refractivity (Wildman–Crippen MR) is 126 cm³/mol. The Morgan fingerprint density at radius 3 is 2.31 bits per heavy atom. The summed E-state index contributed by atoms with van der Waals surface area (Å²) >= 11 is 3.33. The van der Waals surface area contributed by atoms with E-state index in [4.69, 9.17) is 4.74 Å². The van der Waals surface area contributed by atoms with Gasteiger partial charge in [0.2, 0.25) is 0 Å². The number of rotatable bonds is 6. The number of amides is 3. The second kappa shape index (κ2) is 10.9. The smallest absolute Gasteiger partial charge is 0.329 e. The molecule has 0 atom stereocenters. The lowest BCUT2D eigenvalue weighted by molar-refractivity contribution is -0.136. The van der Waals surface area contributed by atoms with Gasteiger partial charge in [0.25, 0.3) is 5.91 Å². The fourth-order valence-electron chi connectivity index (χ4n) is 2.69. The molecule has 32 heavy (non-hydrogen) atoms. The molecule has 0 aromatic heterocycles. The molecule has 3 aromatic rings. The van der Waals surface area contributed by atoms with Gasteiger partial charge in [-0.25, -0.2) is 5.43 Å². The van der Waals surface area contributed by atoms with Gasteiger partial charge >= 0.3 is 11.8 Å². The first kappa shape index (κ1) is 22.7. The quantitative estimate of drug-likeness (QED) is 0.275. The van der Waals surface area contributed by atoms with Crippen LogP contribution in [0.25, 0.3) is 0 Å². The average molecular weight is 495 g/mol. The van der Waals surface area contributed by atoms with Crippen LogP contribution < -0.4 is 20.8 Å². The van der Waals surface area contributed by atoms with Gasteiger partial charge in [0.1, 0.15) is 5.75 Å². The summed E-state index contributed by atoms with van der Waals surface area (Å²) in [6, 6.07) is 20.5. The normalized spacial score (nSPS) is 10.4. The lowest BCUT2D eigenvalue weighted by atomic mass is 10.1. The maximum atomic E-state index is 12.7. The Labute approximate surface area is 192 Å². The van der Waals surface area contributed by atoms with Crippen LogP contribution in [0.2, 0.25) is 0 Å². The van der Waals surface area contributed by atoms with E-state index >= 15 is 0 Å². The highest BCUT2D eigenvalue weighted by Gasteiger charge is 2.17. The van der Waals surface area contributed by atoms with Crippen molar-refractivity contribution in [2.45, 2.75) is 0 Å². The predicted octanol–water partition coefficient (Wildman–Crippen LogP) is 3.80. The van der Waals surface area contributed by atoms with Crippen LogP contribution in [0.1, 0.15) is 15.9 Å². The minimum atomic E-state index is -0.987. The van der Waals surface area contributed by atoms with Crippen molar-refractivity contribution in [3.63, 3.8) is 0 Å². The summed E-state index contributed by atoms with van der Waals surface area (Å²) in [5, 5.41) is 8.97. The number of ether oxygens (including phenoxy) is 1. The molecule has 9 heteroatoms. The Morgan fingerprint density at radius 2 is 1.56 bits per heavy atom. The van der Waals surface area contributed by atoms with Crippen molar-refractivity contribution in [3.8, 4) is 5.75 Å². The van der Waals surface area contributed by atoms with E-state index in [-0.39, 0.29) is 11.3 Å². The van der Waals surface area contributed by atoms with E-state index in [0.29, 0.717) is 17.0 Å². The minimum Gasteiger partial charge on any atom is -0.496 e. The number of para-hydroxylation sites is 2. The zero-order chi connectivity index (χ0) is 22.9. The molecule has 3 amide bonds. The number of benzene rings is 3. The maximum absolute atomic E-state index is 12.7. The van der Waals surface area contributed by atoms with Crippen LogP contribution in [-0.4, -0.2) is 31.0 Å². The Balaban J connectivity index is 1.64. The molecule has 0 saturated carbocycles. The van der Waals surface area contributed by atoms with Gasteiger partial charge in [-0.1, -0.05) is 40.2 Å². The molecule has 3 N–H and O–H groups in total. The molecule has 0 bridgehead atoms. The lowest BCUT2D eigenvalue weighted by Crippen LogP contribution is -2.33. The third-order valence-corrected chi connectivity index (χ3v) is 4.77. The number of hydrogen-bond acceptors (Lipinski definition) is 5. The van der Waals surface area contributed by atoms with Crippen molar-refractivity contribution in [3.05, 3.63) is 88.4 Å². The second-order valence-electron chi connectivity index (χ2n) is 6.40. The van der Waals surface area contributed by atoms with E-state index in [0.717, 1.165) is 4.47 Å². The first-order chi connectivity index (χ1) is 15.5. The summed E-state index contributed by atoms with van der Waals surface area (Å²) < 4.78 is 6.07. The van der Waals surface area contributed by atoms with Crippen LogP contribution in [-0.2, 0) is 9.59 Å². The molecule has 0 aliphatic carbocycles. The monoisotopic (exact) mass is 494 g/mol. The van der Waals surface area contributed by atoms with Gasteiger partial charge in [0, 0.05) is 15.7 Å². The van der Waals surface area contributed by atoms with Gasteiger partial charge in [0.05, 0.1) is 24.6 Å². The number of anilines is 2. The summed E-state index contributed by atoms with van der Waals surface area (Å²) in [6.45, 7) is 0. The average Bonchev–Trinajstić information content (AvgIpc) is 2.81. The van der Waals surface area contributed by atoms with Crippen molar-refractivity contribution in [2.24, 2.45) is 5.10 Å². The van der Waals surface area contributed by atoms with Gasteiger partial charge in [-0.3, -0.25) is 14.4 Å². The van der Waals surface area contributed by atoms with E-state index in [1.807, 2.05) is 0 Å². The van der Waals surface area contributed by atoms with Crippen molar-refractivity contribution < 1.29 is 19.1 Å². The van der Waals surface area contributed by atoms with Crippen LogP contribution in [0.5, 0.6) is 5.75 Å². The first-order valence-corrected chi connectivity index (χ1v) is 10.2. The van der Waals surface area contributed by atoms with Gasteiger partial charge in [-0.15, -0.1) is 0 Å². The number of hydrazone groups is 1. The van der Waals surface area contributed by atoms with E-state index in [9.17, 15) is 14.4 Å². The van der Waals surface area contributed by atoms with Crippen molar-refractivity contribution in [2.75, 3.05) is 17.7 Å². The van der Waals surface area contributed by atoms with E-state index in [1.54, 1.807) is 66.7 Å². The Hall–Kier alpha value is -3.98. The largest absolute Gasteiger partial charge is 0.496 e. The summed E-state index contributed by atoms with van der Waals surface area (Å²) in [4.78, 5) is 37.1. The molecule has 0 heterocycles. The molecule has 162 valence electrons. The maximum Gasteiger partial charge on any atom is 0.329 e. The number of nitrogens with zero attached hydrogens (tertiary/aromatic N) is 1. The fraction of sp³-hybridized carbons (Fsp3) is 0.0435. The standard InChI is InChI=1S/C23H19BrN4O4/c1-32-20-9-5-2-6-15(20)14-25-28-23(31)22(30)27-19-8-4-3-7-18(19)21(29)26-17-12-10-16(24)11-13-17/h2-14H,1H3,(H,26,29)(H,27,30)(H,28,31)/b25-14-. The zero-order valence-electron chi connectivity index (χ0n) is 17.0. The van der Waals surface area contributed by atoms with Gasteiger partial charge in [-0.05, 0) is 48.5 Å². The highest BCUT2D eigenvalue weighted by atomic mass is 79.9. The molecule has 0 fully saturated rings. The van der Waals surface area contributed by atoms with Crippen LogP contribution in [0, 0.1) is 0 Å². The van der Waals surface area contributed by atoms with Gasteiger partial charge in [0.15, 0.2) is 0 Å².